The zero-order chi connectivity index (χ0) is 11.1. The van der Waals surface area contributed by atoms with Crippen LogP contribution in [-0.2, 0) is 6.18 Å². The van der Waals surface area contributed by atoms with Crippen LogP contribution in [0.4, 0.5) is 13.2 Å². The van der Waals surface area contributed by atoms with Gasteiger partial charge in [0.15, 0.2) is 0 Å². The van der Waals surface area contributed by atoms with Crippen LogP contribution in [0.25, 0.3) is 0 Å². The van der Waals surface area contributed by atoms with Crippen molar-refractivity contribution in [1.29, 1.82) is 0 Å². The summed E-state index contributed by atoms with van der Waals surface area (Å²) >= 11 is 0. The standard InChI is InChI=1S/C11H12F3N/c12-11(13,14)9-3-1-2-7(4-9)8-5-10(15)6-8/h1-4,8,10H,5-6,15H2/t8-,10+. The van der Waals surface area contributed by atoms with Crippen molar-refractivity contribution in [2.75, 3.05) is 0 Å². The van der Waals surface area contributed by atoms with Gasteiger partial charge in [-0.25, -0.2) is 0 Å². The van der Waals surface area contributed by atoms with Gasteiger partial charge >= 0.3 is 6.18 Å². The minimum absolute atomic E-state index is 0.157. The SMILES string of the molecule is N[C@H]1C[C@@H](c2cccc(C(F)(F)F)c2)C1. The molecule has 1 aliphatic carbocycles. The molecule has 1 nitrogen and oxygen atoms in total. The molecule has 0 atom stereocenters. The van der Waals surface area contributed by atoms with Gasteiger partial charge < -0.3 is 5.73 Å². The molecule has 0 aliphatic heterocycles. The fourth-order valence-corrected chi connectivity index (χ4v) is 1.90. The summed E-state index contributed by atoms with van der Waals surface area (Å²) < 4.78 is 37.2. The summed E-state index contributed by atoms with van der Waals surface area (Å²) in [6.45, 7) is 0. The first-order valence-corrected chi connectivity index (χ1v) is 4.89. The highest BCUT2D eigenvalue weighted by atomic mass is 19.4. The number of alkyl halides is 3. The molecule has 0 spiro atoms. The van der Waals surface area contributed by atoms with Gasteiger partial charge in [-0.2, -0.15) is 13.2 Å². The van der Waals surface area contributed by atoms with Crippen LogP contribution in [0.1, 0.15) is 29.9 Å². The van der Waals surface area contributed by atoms with Crippen LogP contribution >= 0.6 is 0 Å². The van der Waals surface area contributed by atoms with Crippen molar-refractivity contribution in [2.24, 2.45) is 5.73 Å². The van der Waals surface area contributed by atoms with Gasteiger partial charge in [0.25, 0.3) is 0 Å². The van der Waals surface area contributed by atoms with E-state index in [0.29, 0.717) is 0 Å². The van der Waals surface area contributed by atoms with Crippen molar-refractivity contribution in [3.05, 3.63) is 35.4 Å². The number of halogens is 3. The fraction of sp³-hybridized carbons (Fsp3) is 0.455. The smallest absolute Gasteiger partial charge is 0.328 e. The van der Waals surface area contributed by atoms with Crippen molar-refractivity contribution >= 4 is 0 Å². The Labute approximate surface area is 86.1 Å². The zero-order valence-corrected chi connectivity index (χ0v) is 8.09. The van der Waals surface area contributed by atoms with E-state index in [0.717, 1.165) is 24.5 Å². The average Bonchev–Trinajstić information content (AvgIpc) is 2.12. The first kappa shape index (κ1) is 10.5. The molecule has 0 bridgehead atoms. The lowest BCUT2D eigenvalue weighted by Gasteiger charge is -2.33. The largest absolute Gasteiger partial charge is 0.416 e. The van der Waals surface area contributed by atoms with Crippen LogP contribution in [-0.4, -0.2) is 6.04 Å². The Hall–Kier alpha value is -1.03. The molecule has 0 unspecified atom stereocenters. The number of benzene rings is 1. The molecule has 1 fully saturated rings. The van der Waals surface area contributed by atoms with Gasteiger partial charge in [0.1, 0.15) is 0 Å². The Kier molecular flexibility index (Phi) is 2.46. The minimum Gasteiger partial charge on any atom is -0.328 e. The van der Waals surface area contributed by atoms with Gasteiger partial charge in [-0.1, -0.05) is 18.2 Å². The topological polar surface area (TPSA) is 26.0 Å². The molecule has 0 aromatic heterocycles. The molecule has 2 rings (SSSR count). The van der Waals surface area contributed by atoms with E-state index in [1.165, 1.54) is 12.1 Å². The molecule has 2 N–H and O–H groups in total. The van der Waals surface area contributed by atoms with Crippen molar-refractivity contribution in [3.8, 4) is 0 Å². The first-order chi connectivity index (χ1) is 6.97. The normalized spacial score (nSPS) is 26.1. The van der Waals surface area contributed by atoms with E-state index in [1.54, 1.807) is 6.07 Å². The Morgan fingerprint density at radius 1 is 1.20 bits per heavy atom. The maximum Gasteiger partial charge on any atom is 0.416 e. The van der Waals surface area contributed by atoms with Crippen LogP contribution < -0.4 is 5.73 Å². The van der Waals surface area contributed by atoms with Crippen molar-refractivity contribution in [3.63, 3.8) is 0 Å². The zero-order valence-electron chi connectivity index (χ0n) is 8.09. The maximum atomic E-state index is 12.4. The highest BCUT2D eigenvalue weighted by Gasteiger charge is 2.33. The molecule has 1 saturated carbocycles. The van der Waals surface area contributed by atoms with Crippen LogP contribution in [0.3, 0.4) is 0 Å². The van der Waals surface area contributed by atoms with Crippen molar-refractivity contribution in [1.82, 2.24) is 0 Å². The Morgan fingerprint density at radius 3 is 2.40 bits per heavy atom. The summed E-state index contributed by atoms with van der Waals surface area (Å²) in [4.78, 5) is 0. The number of hydrogen-bond acceptors (Lipinski definition) is 1. The Morgan fingerprint density at radius 2 is 1.87 bits per heavy atom. The van der Waals surface area contributed by atoms with Gasteiger partial charge in [-0.15, -0.1) is 0 Å². The molecule has 82 valence electrons. The van der Waals surface area contributed by atoms with E-state index in [4.69, 9.17) is 5.73 Å². The van der Waals surface area contributed by atoms with E-state index in [2.05, 4.69) is 0 Å². The molecular formula is C11H12F3N. The van der Waals surface area contributed by atoms with Gasteiger partial charge in [0, 0.05) is 6.04 Å². The summed E-state index contributed by atoms with van der Waals surface area (Å²) in [5.74, 6) is 0.210. The van der Waals surface area contributed by atoms with E-state index in [9.17, 15) is 13.2 Å². The maximum absolute atomic E-state index is 12.4. The molecule has 1 aromatic rings. The van der Waals surface area contributed by atoms with Crippen LogP contribution in [0.5, 0.6) is 0 Å². The van der Waals surface area contributed by atoms with Crippen molar-refractivity contribution in [2.45, 2.75) is 31.0 Å². The summed E-state index contributed by atoms with van der Waals surface area (Å²) in [5, 5.41) is 0. The second-order valence-electron chi connectivity index (χ2n) is 4.05. The molecule has 0 heterocycles. The van der Waals surface area contributed by atoms with E-state index < -0.39 is 11.7 Å². The summed E-state index contributed by atoms with van der Waals surface area (Å²) in [5.41, 5.74) is 5.79. The Bertz CT molecular complexity index is 353. The lowest BCUT2D eigenvalue weighted by atomic mass is 9.76. The lowest BCUT2D eigenvalue weighted by molar-refractivity contribution is -0.137. The van der Waals surface area contributed by atoms with Gasteiger partial charge in [0.2, 0.25) is 0 Å². The summed E-state index contributed by atoms with van der Waals surface area (Å²) in [6, 6.07) is 5.69. The van der Waals surface area contributed by atoms with E-state index in [-0.39, 0.29) is 12.0 Å². The number of rotatable bonds is 1. The molecule has 1 aromatic carbocycles. The second-order valence-corrected chi connectivity index (χ2v) is 4.05. The molecule has 4 heteroatoms. The lowest BCUT2D eigenvalue weighted by Crippen LogP contribution is -2.34. The van der Waals surface area contributed by atoms with E-state index >= 15 is 0 Å². The molecule has 0 radical (unpaired) electrons. The van der Waals surface area contributed by atoms with Crippen LogP contribution in [0, 0.1) is 0 Å². The molecule has 15 heavy (non-hydrogen) atoms. The highest BCUT2D eigenvalue weighted by Crippen LogP contribution is 2.38. The molecule has 0 saturated heterocycles. The fourth-order valence-electron chi connectivity index (χ4n) is 1.90. The van der Waals surface area contributed by atoms with Gasteiger partial charge in [-0.3, -0.25) is 0 Å². The predicted octanol–water partition coefficient (Wildman–Crippen LogP) is 2.91. The van der Waals surface area contributed by atoms with Gasteiger partial charge in [-0.05, 0) is 30.4 Å². The van der Waals surface area contributed by atoms with Crippen LogP contribution in [0.2, 0.25) is 0 Å². The summed E-state index contributed by atoms with van der Waals surface area (Å²) in [7, 11) is 0. The number of hydrogen-bond donors (Lipinski definition) is 1. The highest BCUT2D eigenvalue weighted by molar-refractivity contribution is 5.30. The summed E-state index contributed by atoms with van der Waals surface area (Å²) in [6.07, 6.45) is -2.66. The molecular weight excluding hydrogens is 203 g/mol. The van der Waals surface area contributed by atoms with Crippen LogP contribution in [0.15, 0.2) is 24.3 Å². The molecule has 0 amide bonds. The monoisotopic (exact) mass is 215 g/mol. The van der Waals surface area contributed by atoms with Gasteiger partial charge in [0.05, 0.1) is 5.56 Å². The third kappa shape index (κ3) is 2.15. The molecule has 1 aliphatic rings. The average molecular weight is 215 g/mol. The second kappa shape index (κ2) is 3.52. The number of nitrogens with two attached hydrogens (primary N) is 1. The minimum atomic E-state index is -4.25. The third-order valence-electron chi connectivity index (χ3n) is 2.86. The third-order valence-corrected chi connectivity index (χ3v) is 2.86. The first-order valence-electron chi connectivity index (χ1n) is 4.89. The van der Waals surface area contributed by atoms with E-state index in [1.807, 2.05) is 0 Å². The predicted molar refractivity (Wildman–Crippen MR) is 51.4 cm³/mol. The Balaban J connectivity index is 2.20. The quantitative estimate of drug-likeness (QED) is 0.765. The van der Waals surface area contributed by atoms with Crippen molar-refractivity contribution < 1.29 is 13.2 Å².